The Morgan fingerprint density at radius 3 is 2.70 bits per heavy atom. The minimum atomic E-state index is -0.523. The molecule has 108 valence electrons. The number of aromatic nitrogens is 1. The Labute approximate surface area is 119 Å². The van der Waals surface area contributed by atoms with Gasteiger partial charge in [0, 0.05) is 17.6 Å². The molecule has 2 aromatic rings. The van der Waals surface area contributed by atoms with Crippen molar-refractivity contribution >= 4 is 16.8 Å². The van der Waals surface area contributed by atoms with Crippen molar-refractivity contribution in [2.75, 3.05) is 6.54 Å². The molecule has 4 heteroatoms. The third kappa shape index (κ3) is 2.70. The van der Waals surface area contributed by atoms with E-state index in [1.165, 1.54) is 0 Å². The van der Waals surface area contributed by atoms with Gasteiger partial charge in [-0.25, -0.2) is 0 Å². The molecule has 1 aromatic heterocycles. The lowest BCUT2D eigenvalue weighted by Gasteiger charge is -2.15. The number of aromatic amines is 1. The molecule has 2 rings (SSSR count). The van der Waals surface area contributed by atoms with Gasteiger partial charge in [0.25, 0.3) is 5.91 Å². The van der Waals surface area contributed by atoms with Gasteiger partial charge in [0.1, 0.15) is 0 Å². The summed E-state index contributed by atoms with van der Waals surface area (Å²) in [5, 5.41) is 13.6. The molecular formula is C16H22N2O2. The molecule has 0 saturated heterocycles. The highest BCUT2D eigenvalue weighted by Gasteiger charge is 2.15. The molecule has 0 spiro atoms. The Hall–Kier alpha value is -1.81. The number of fused-ring (bicyclic) bond motifs is 1. The van der Waals surface area contributed by atoms with Crippen LogP contribution >= 0.6 is 0 Å². The van der Waals surface area contributed by atoms with E-state index in [0.29, 0.717) is 5.56 Å². The fraction of sp³-hybridized carbons (Fsp3) is 0.438. The lowest BCUT2D eigenvalue weighted by Crippen LogP contribution is -2.34. The zero-order chi connectivity index (χ0) is 14.9. The van der Waals surface area contributed by atoms with Crippen LogP contribution in [0.5, 0.6) is 0 Å². The molecule has 1 atom stereocenters. The van der Waals surface area contributed by atoms with Gasteiger partial charge in [0.15, 0.2) is 0 Å². The van der Waals surface area contributed by atoms with E-state index in [1.54, 1.807) is 6.07 Å². The molecule has 0 bridgehead atoms. The van der Waals surface area contributed by atoms with Crippen LogP contribution in [0.15, 0.2) is 18.2 Å². The van der Waals surface area contributed by atoms with Gasteiger partial charge in [-0.15, -0.1) is 0 Å². The van der Waals surface area contributed by atoms with E-state index in [9.17, 15) is 9.90 Å². The number of H-pyrrole nitrogens is 1. The van der Waals surface area contributed by atoms with Gasteiger partial charge in [-0.05, 0) is 31.4 Å². The standard InChI is InChI=1S/C16H22N2O2/c1-9(2)14(19)8-17-16(20)13-7-5-6-12-10(3)11(4)18-15(12)13/h5-7,9,14,18-19H,8H2,1-4H3,(H,17,20). The van der Waals surface area contributed by atoms with Crippen molar-refractivity contribution in [2.24, 2.45) is 5.92 Å². The average molecular weight is 274 g/mol. The summed E-state index contributed by atoms with van der Waals surface area (Å²) in [5.74, 6) is -0.0300. The lowest BCUT2D eigenvalue weighted by atomic mass is 10.1. The van der Waals surface area contributed by atoms with Crippen LogP contribution in [0.3, 0.4) is 0 Å². The number of hydrogen-bond acceptors (Lipinski definition) is 2. The number of nitrogens with one attached hydrogen (secondary N) is 2. The second kappa shape index (κ2) is 5.67. The van der Waals surface area contributed by atoms with E-state index < -0.39 is 6.10 Å². The number of amides is 1. The van der Waals surface area contributed by atoms with Crippen molar-refractivity contribution < 1.29 is 9.90 Å². The molecule has 1 unspecified atom stereocenters. The fourth-order valence-electron chi connectivity index (χ4n) is 2.20. The van der Waals surface area contributed by atoms with Gasteiger partial charge in [-0.2, -0.15) is 0 Å². The maximum absolute atomic E-state index is 12.3. The molecule has 20 heavy (non-hydrogen) atoms. The van der Waals surface area contributed by atoms with Crippen LogP contribution in [0, 0.1) is 19.8 Å². The molecule has 0 radical (unpaired) electrons. The summed E-state index contributed by atoms with van der Waals surface area (Å²) in [6.45, 7) is 8.16. The predicted molar refractivity (Wildman–Crippen MR) is 81.0 cm³/mol. The van der Waals surface area contributed by atoms with Gasteiger partial charge < -0.3 is 15.4 Å². The second-order valence-corrected chi connectivity index (χ2v) is 5.62. The fourth-order valence-corrected chi connectivity index (χ4v) is 2.20. The van der Waals surface area contributed by atoms with Gasteiger partial charge >= 0.3 is 0 Å². The zero-order valence-corrected chi connectivity index (χ0v) is 12.4. The van der Waals surface area contributed by atoms with Crippen LogP contribution in [0.25, 0.3) is 10.9 Å². The average Bonchev–Trinajstić information content (AvgIpc) is 2.71. The maximum Gasteiger partial charge on any atom is 0.253 e. The van der Waals surface area contributed by atoms with Crippen molar-refractivity contribution in [3.05, 3.63) is 35.0 Å². The number of aryl methyl sites for hydroxylation is 2. The molecule has 1 heterocycles. The highest BCUT2D eigenvalue weighted by atomic mass is 16.3. The van der Waals surface area contributed by atoms with E-state index in [0.717, 1.165) is 22.2 Å². The van der Waals surface area contributed by atoms with Crippen LogP contribution in [0.4, 0.5) is 0 Å². The third-order valence-electron chi connectivity index (χ3n) is 3.83. The van der Waals surface area contributed by atoms with Crippen LogP contribution < -0.4 is 5.32 Å². The summed E-state index contributed by atoms with van der Waals surface area (Å²) in [5.41, 5.74) is 3.72. The molecule has 0 aliphatic heterocycles. The molecule has 3 N–H and O–H groups in total. The molecule has 4 nitrogen and oxygen atoms in total. The molecule has 1 amide bonds. The number of para-hydroxylation sites is 1. The SMILES string of the molecule is Cc1[nH]c2c(C(=O)NCC(O)C(C)C)cccc2c1C. The number of carbonyl (C=O) groups excluding carboxylic acids is 1. The van der Waals surface area contributed by atoms with E-state index in [-0.39, 0.29) is 18.4 Å². The van der Waals surface area contributed by atoms with Gasteiger partial charge in [-0.3, -0.25) is 4.79 Å². The number of carbonyl (C=O) groups is 1. The Kier molecular flexibility index (Phi) is 4.14. The summed E-state index contributed by atoms with van der Waals surface area (Å²) >= 11 is 0. The zero-order valence-electron chi connectivity index (χ0n) is 12.4. The van der Waals surface area contributed by atoms with Crippen LogP contribution in [0.2, 0.25) is 0 Å². The number of benzene rings is 1. The normalized spacial score (nSPS) is 12.9. The highest BCUT2D eigenvalue weighted by molar-refractivity contribution is 6.06. The van der Waals surface area contributed by atoms with Crippen molar-refractivity contribution in [3.63, 3.8) is 0 Å². The van der Waals surface area contributed by atoms with Crippen molar-refractivity contribution in [1.29, 1.82) is 0 Å². The Morgan fingerprint density at radius 1 is 1.35 bits per heavy atom. The van der Waals surface area contributed by atoms with Crippen LogP contribution in [0.1, 0.15) is 35.5 Å². The van der Waals surface area contributed by atoms with Crippen molar-refractivity contribution in [1.82, 2.24) is 10.3 Å². The summed E-state index contributed by atoms with van der Waals surface area (Å²) < 4.78 is 0. The Bertz CT molecular complexity index is 629. The molecule has 0 aliphatic carbocycles. The minimum Gasteiger partial charge on any atom is -0.391 e. The molecular weight excluding hydrogens is 252 g/mol. The monoisotopic (exact) mass is 274 g/mol. The first-order valence-electron chi connectivity index (χ1n) is 6.96. The van der Waals surface area contributed by atoms with E-state index in [4.69, 9.17) is 0 Å². The first-order chi connectivity index (χ1) is 9.41. The maximum atomic E-state index is 12.3. The summed E-state index contributed by atoms with van der Waals surface area (Å²) in [6, 6.07) is 5.69. The Balaban J connectivity index is 2.24. The van der Waals surface area contributed by atoms with E-state index in [2.05, 4.69) is 10.3 Å². The largest absolute Gasteiger partial charge is 0.391 e. The summed E-state index contributed by atoms with van der Waals surface area (Å²) in [6.07, 6.45) is -0.523. The topological polar surface area (TPSA) is 65.1 Å². The number of hydrogen-bond donors (Lipinski definition) is 3. The van der Waals surface area contributed by atoms with Crippen LogP contribution in [-0.2, 0) is 0 Å². The second-order valence-electron chi connectivity index (χ2n) is 5.62. The third-order valence-corrected chi connectivity index (χ3v) is 3.83. The number of aliphatic hydroxyl groups excluding tert-OH is 1. The smallest absolute Gasteiger partial charge is 0.253 e. The summed E-state index contributed by atoms with van der Waals surface area (Å²) in [4.78, 5) is 15.5. The molecule has 0 fully saturated rings. The van der Waals surface area contributed by atoms with Gasteiger partial charge in [0.2, 0.25) is 0 Å². The number of aliphatic hydroxyl groups is 1. The first kappa shape index (κ1) is 14.6. The molecule has 0 aliphatic rings. The van der Waals surface area contributed by atoms with Gasteiger partial charge in [0.05, 0.1) is 17.2 Å². The molecule has 1 aromatic carbocycles. The first-order valence-corrected chi connectivity index (χ1v) is 6.96. The summed E-state index contributed by atoms with van der Waals surface area (Å²) in [7, 11) is 0. The lowest BCUT2D eigenvalue weighted by molar-refractivity contribution is 0.0873. The van der Waals surface area contributed by atoms with Crippen molar-refractivity contribution in [3.8, 4) is 0 Å². The molecule has 0 saturated carbocycles. The van der Waals surface area contributed by atoms with E-state index in [1.807, 2.05) is 39.8 Å². The van der Waals surface area contributed by atoms with Crippen LogP contribution in [-0.4, -0.2) is 28.6 Å². The minimum absolute atomic E-state index is 0.126. The predicted octanol–water partition coefficient (Wildman–Crippen LogP) is 2.53. The Morgan fingerprint density at radius 2 is 2.05 bits per heavy atom. The quantitative estimate of drug-likeness (QED) is 0.802. The number of rotatable bonds is 4. The highest BCUT2D eigenvalue weighted by Crippen LogP contribution is 2.24. The van der Waals surface area contributed by atoms with Crippen molar-refractivity contribution in [2.45, 2.75) is 33.8 Å². The van der Waals surface area contributed by atoms with Gasteiger partial charge in [-0.1, -0.05) is 26.0 Å². The van der Waals surface area contributed by atoms with E-state index >= 15 is 0 Å².